The third-order valence-electron chi connectivity index (χ3n) is 4.43. The van der Waals surface area contributed by atoms with Gasteiger partial charge < -0.3 is 15.0 Å². The Hall–Kier alpha value is -1.58. The predicted octanol–water partition coefficient (Wildman–Crippen LogP) is 1.55. The highest BCUT2D eigenvalue weighted by Crippen LogP contribution is 2.41. The third-order valence-corrected chi connectivity index (χ3v) is 10.4. The van der Waals surface area contributed by atoms with Crippen LogP contribution in [0, 0.1) is 6.92 Å². The molecule has 164 valence electrons. The molecule has 0 spiro atoms. The lowest BCUT2D eigenvalue weighted by Gasteiger charge is -2.49. The standard InChI is InChI=1S/C17H16N4O5S5/c1-8-18-17(30-20-8)29-6-9-5-28-15-12(14(23)21(15)13(9)16(24)25)19-10(22)7-31(26)11-3-2-4-27-11/h2-4,12,15H,5-7H2,1H3,(H,19,22)(H,24,25)/t12?,15-,31?/m0/s1. The molecule has 9 nitrogen and oxygen atoms in total. The molecule has 14 heteroatoms. The molecule has 3 atom stereocenters. The van der Waals surface area contributed by atoms with Crippen molar-refractivity contribution in [2.45, 2.75) is 26.9 Å². The second kappa shape index (κ2) is 9.50. The van der Waals surface area contributed by atoms with Gasteiger partial charge in [-0.05, 0) is 35.5 Å². The SMILES string of the molecule is Cc1nsc(SCC2=C(C(=O)O)N3C(=O)C(NC(=O)C[S+]([O-])c4cccs4)[C@@H]3SC2)n1. The maximum absolute atomic E-state index is 12.7. The Labute approximate surface area is 197 Å². The van der Waals surface area contributed by atoms with E-state index < -0.39 is 40.4 Å². The molecule has 0 radical (unpaired) electrons. The summed E-state index contributed by atoms with van der Waals surface area (Å²) in [5.74, 6) is -0.920. The Kier molecular flexibility index (Phi) is 6.93. The number of aliphatic carboxylic acids is 1. The first-order valence-electron chi connectivity index (χ1n) is 8.89. The van der Waals surface area contributed by atoms with E-state index in [1.165, 1.54) is 51.3 Å². The van der Waals surface area contributed by atoms with Crippen LogP contribution in [0.5, 0.6) is 0 Å². The molecule has 2 aliphatic rings. The first-order chi connectivity index (χ1) is 14.8. The van der Waals surface area contributed by atoms with Crippen molar-refractivity contribution in [2.24, 2.45) is 0 Å². The minimum Gasteiger partial charge on any atom is -0.610 e. The maximum Gasteiger partial charge on any atom is 0.352 e. The van der Waals surface area contributed by atoms with Crippen molar-refractivity contribution in [3.63, 3.8) is 0 Å². The van der Waals surface area contributed by atoms with Gasteiger partial charge in [0.15, 0.2) is 10.1 Å². The van der Waals surface area contributed by atoms with E-state index in [-0.39, 0.29) is 11.4 Å². The molecule has 0 saturated carbocycles. The van der Waals surface area contributed by atoms with E-state index in [0.717, 1.165) is 4.34 Å². The van der Waals surface area contributed by atoms with Gasteiger partial charge in [0.05, 0.1) is 0 Å². The molecule has 1 saturated heterocycles. The summed E-state index contributed by atoms with van der Waals surface area (Å²) in [5, 5.41) is 13.6. The summed E-state index contributed by atoms with van der Waals surface area (Å²) < 4.78 is 17.6. The van der Waals surface area contributed by atoms with Gasteiger partial charge in [0.1, 0.15) is 22.9 Å². The van der Waals surface area contributed by atoms with Gasteiger partial charge in [0, 0.05) is 28.7 Å². The van der Waals surface area contributed by atoms with Crippen molar-refractivity contribution in [3.8, 4) is 0 Å². The number of carbonyl (C=O) groups excluding carboxylic acids is 2. The second-order valence-electron chi connectivity index (χ2n) is 6.53. The minimum absolute atomic E-state index is 0.0323. The first kappa shape index (κ1) is 22.6. The average molecular weight is 517 g/mol. The van der Waals surface area contributed by atoms with Crippen LogP contribution >= 0.6 is 46.4 Å². The highest BCUT2D eigenvalue weighted by atomic mass is 32.2. The summed E-state index contributed by atoms with van der Waals surface area (Å²) in [7, 11) is 0. The summed E-state index contributed by atoms with van der Waals surface area (Å²) in [4.78, 5) is 42.4. The van der Waals surface area contributed by atoms with Crippen molar-refractivity contribution in [2.75, 3.05) is 17.3 Å². The Bertz CT molecular complexity index is 1040. The molecule has 1 fully saturated rings. The molecule has 2 aromatic rings. The highest BCUT2D eigenvalue weighted by molar-refractivity contribution is 8.01. The van der Waals surface area contributed by atoms with Crippen LogP contribution in [0.1, 0.15) is 5.82 Å². The summed E-state index contributed by atoms with van der Waals surface area (Å²) in [6, 6.07) is 2.62. The van der Waals surface area contributed by atoms with Gasteiger partial charge in [-0.2, -0.15) is 4.37 Å². The van der Waals surface area contributed by atoms with Crippen LogP contribution in [0.25, 0.3) is 0 Å². The van der Waals surface area contributed by atoms with E-state index in [1.54, 1.807) is 24.4 Å². The number of carboxylic acid groups (broad SMARTS) is 1. The summed E-state index contributed by atoms with van der Waals surface area (Å²) in [6.07, 6.45) is 0. The Morgan fingerprint density at radius 2 is 2.29 bits per heavy atom. The Morgan fingerprint density at radius 3 is 2.94 bits per heavy atom. The van der Waals surface area contributed by atoms with Gasteiger partial charge in [-0.25, -0.2) is 9.78 Å². The number of β-lactam (4-membered cyclic amide) rings is 1. The van der Waals surface area contributed by atoms with Crippen LogP contribution < -0.4 is 5.32 Å². The van der Waals surface area contributed by atoms with Crippen molar-refractivity contribution in [1.29, 1.82) is 0 Å². The number of amides is 2. The van der Waals surface area contributed by atoms with E-state index >= 15 is 0 Å². The van der Waals surface area contributed by atoms with Gasteiger partial charge in [-0.3, -0.25) is 14.5 Å². The molecular weight excluding hydrogens is 501 g/mol. The number of thioether (sulfide) groups is 2. The zero-order valence-electron chi connectivity index (χ0n) is 16.0. The second-order valence-corrected chi connectivity index (χ2v) is 12.2. The van der Waals surface area contributed by atoms with Gasteiger partial charge in [0.25, 0.3) is 11.8 Å². The maximum atomic E-state index is 12.7. The van der Waals surface area contributed by atoms with E-state index in [4.69, 9.17) is 0 Å². The topological polar surface area (TPSA) is 136 Å². The Morgan fingerprint density at radius 1 is 1.48 bits per heavy atom. The van der Waals surface area contributed by atoms with Gasteiger partial charge in [-0.15, -0.1) is 11.8 Å². The molecule has 2 unspecified atom stereocenters. The number of thiophene rings is 1. The van der Waals surface area contributed by atoms with Crippen LogP contribution in [0.3, 0.4) is 0 Å². The number of aryl methyl sites for hydroxylation is 1. The van der Waals surface area contributed by atoms with Crippen LogP contribution in [0.4, 0.5) is 0 Å². The fourth-order valence-corrected chi connectivity index (χ4v) is 8.13. The molecule has 2 N–H and O–H groups in total. The number of aromatic nitrogens is 2. The third kappa shape index (κ3) is 4.78. The summed E-state index contributed by atoms with van der Waals surface area (Å²) in [5.41, 5.74) is 0.596. The van der Waals surface area contributed by atoms with E-state index in [0.29, 0.717) is 27.1 Å². The minimum atomic E-state index is -1.48. The molecule has 4 rings (SSSR count). The largest absolute Gasteiger partial charge is 0.610 e. The number of rotatable bonds is 8. The molecule has 2 amide bonds. The molecule has 4 heterocycles. The van der Waals surface area contributed by atoms with Crippen molar-refractivity contribution in [1.82, 2.24) is 19.6 Å². The monoisotopic (exact) mass is 516 g/mol. The van der Waals surface area contributed by atoms with E-state index in [1.807, 2.05) is 0 Å². The zero-order chi connectivity index (χ0) is 22.1. The Balaban J connectivity index is 1.40. The van der Waals surface area contributed by atoms with Gasteiger partial charge >= 0.3 is 5.97 Å². The quantitative estimate of drug-likeness (QED) is 0.304. The summed E-state index contributed by atoms with van der Waals surface area (Å²) in [6.45, 7) is 1.78. The lowest BCUT2D eigenvalue weighted by atomic mass is 10.0. The molecule has 0 aliphatic carbocycles. The lowest BCUT2D eigenvalue weighted by molar-refractivity contribution is -0.150. The summed E-state index contributed by atoms with van der Waals surface area (Å²) >= 11 is 3.85. The molecular formula is C17H16N4O5S5. The molecule has 0 aromatic carbocycles. The van der Waals surface area contributed by atoms with Crippen LogP contribution in [0.2, 0.25) is 0 Å². The van der Waals surface area contributed by atoms with Gasteiger partial charge in [-0.1, -0.05) is 23.1 Å². The molecule has 2 aromatic heterocycles. The highest BCUT2D eigenvalue weighted by Gasteiger charge is 2.54. The van der Waals surface area contributed by atoms with Crippen LogP contribution in [-0.2, 0) is 25.6 Å². The van der Waals surface area contributed by atoms with E-state index in [2.05, 4.69) is 14.7 Å². The van der Waals surface area contributed by atoms with E-state index in [9.17, 15) is 24.0 Å². The lowest BCUT2D eigenvalue weighted by Crippen LogP contribution is -2.70. The van der Waals surface area contributed by atoms with Crippen LogP contribution in [0.15, 0.2) is 37.3 Å². The fraction of sp³-hybridized carbons (Fsp3) is 0.353. The smallest absolute Gasteiger partial charge is 0.352 e. The number of nitrogens with zero attached hydrogens (tertiary/aromatic N) is 3. The number of fused-ring (bicyclic) bond motifs is 1. The van der Waals surface area contributed by atoms with Crippen molar-refractivity contribution < 1.29 is 24.0 Å². The number of hydrogen-bond acceptors (Lipinski definition) is 10. The zero-order valence-corrected chi connectivity index (χ0v) is 20.1. The molecule has 2 aliphatic heterocycles. The normalized spacial score (nSPS) is 21.5. The van der Waals surface area contributed by atoms with Crippen molar-refractivity contribution >= 4 is 75.4 Å². The van der Waals surface area contributed by atoms with Crippen LogP contribution in [-0.4, -0.2) is 70.4 Å². The number of carboxylic acids is 1. The fourth-order valence-electron chi connectivity index (χ4n) is 3.08. The molecule has 31 heavy (non-hydrogen) atoms. The van der Waals surface area contributed by atoms with Crippen molar-refractivity contribution in [3.05, 3.63) is 34.6 Å². The number of carbonyl (C=O) groups is 3. The molecule has 0 bridgehead atoms. The average Bonchev–Trinajstić information content (AvgIpc) is 3.41. The van der Waals surface area contributed by atoms with Gasteiger partial charge in [0.2, 0.25) is 4.21 Å². The number of hydrogen-bond donors (Lipinski definition) is 2. The first-order valence-corrected chi connectivity index (χ1v) is 13.9. The number of nitrogens with one attached hydrogen (secondary N) is 1. The predicted molar refractivity (Wildman–Crippen MR) is 121 cm³/mol.